The Balaban J connectivity index is 1.58. The number of carbonyl (C=O) groups excluding carboxylic acids is 1. The topological polar surface area (TPSA) is 42.8 Å². The summed E-state index contributed by atoms with van der Waals surface area (Å²) in [6.45, 7) is 4.53. The van der Waals surface area contributed by atoms with Gasteiger partial charge in [-0.05, 0) is 30.5 Å². The number of benzene rings is 1. The molecule has 0 spiro atoms. The van der Waals surface area contributed by atoms with Crippen molar-refractivity contribution >= 4 is 17.2 Å². The number of quaternary nitrogens is 1. The lowest BCUT2D eigenvalue weighted by molar-refractivity contribution is -0.920. The van der Waals surface area contributed by atoms with Crippen LogP contribution < -0.4 is 15.0 Å². The summed E-state index contributed by atoms with van der Waals surface area (Å²) in [7, 11) is 0. The normalized spacial score (nSPS) is 17.4. The van der Waals surface area contributed by atoms with Crippen LogP contribution in [0, 0.1) is 0 Å². The summed E-state index contributed by atoms with van der Waals surface area (Å²) < 4.78 is 5.55. The van der Waals surface area contributed by atoms with Gasteiger partial charge in [0.1, 0.15) is 11.8 Å². The fourth-order valence-electron chi connectivity index (χ4n) is 3.45. The van der Waals surface area contributed by atoms with Gasteiger partial charge in [-0.3, -0.25) is 4.79 Å². The number of amides is 1. The van der Waals surface area contributed by atoms with Gasteiger partial charge in [0.05, 0.1) is 24.0 Å². The number of hydrogen-bond donors (Lipinski definition) is 2. The van der Waals surface area contributed by atoms with Gasteiger partial charge in [-0.15, -0.1) is 11.3 Å². The lowest BCUT2D eigenvalue weighted by Crippen LogP contribution is -3.11. The average Bonchev–Trinajstić information content (AvgIpc) is 3.29. The molecule has 1 saturated heterocycles. The Morgan fingerprint density at radius 1 is 1.21 bits per heavy atom. The Morgan fingerprint density at radius 3 is 2.62 bits per heavy atom. The van der Waals surface area contributed by atoms with Crippen molar-refractivity contribution in [3.05, 3.63) is 52.7 Å². The summed E-state index contributed by atoms with van der Waals surface area (Å²) in [5.74, 6) is 0.659. The van der Waals surface area contributed by atoms with Gasteiger partial charge in [-0.2, -0.15) is 0 Å². The second-order valence-corrected chi connectivity index (χ2v) is 7.30. The number of hydrogen-bond acceptors (Lipinski definition) is 3. The summed E-state index contributed by atoms with van der Waals surface area (Å²) in [5.41, 5.74) is 0. The molecular weight excluding hydrogens is 320 g/mol. The van der Waals surface area contributed by atoms with E-state index in [2.05, 4.69) is 29.8 Å². The molecule has 1 aliphatic heterocycles. The fourth-order valence-corrected chi connectivity index (χ4v) is 4.44. The third-order valence-electron chi connectivity index (χ3n) is 4.54. The Morgan fingerprint density at radius 2 is 1.96 bits per heavy atom. The first kappa shape index (κ1) is 17.0. The maximum Gasteiger partial charge on any atom is 0.258 e. The zero-order valence-electron chi connectivity index (χ0n) is 14.0. The number of carbonyl (C=O) groups is 1. The lowest BCUT2D eigenvalue weighted by Gasteiger charge is -2.29. The monoisotopic (exact) mass is 345 g/mol. The Bertz CT molecular complexity index is 624. The van der Waals surface area contributed by atoms with Crippen molar-refractivity contribution in [2.24, 2.45) is 0 Å². The lowest BCUT2D eigenvalue weighted by atomic mass is 10.1. The molecule has 0 radical (unpaired) electrons. The van der Waals surface area contributed by atoms with E-state index in [9.17, 15) is 4.79 Å². The molecule has 4 nitrogen and oxygen atoms in total. The van der Waals surface area contributed by atoms with Gasteiger partial charge < -0.3 is 15.0 Å². The third-order valence-corrected chi connectivity index (χ3v) is 5.49. The molecule has 24 heavy (non-hydrogen) atoms. The van der Waals surface area contributed by atoms with E-state index in [0.717, 1.165) is 5.75 Å². The number of nitrogens with one attached hydrogen (secondary N) is 2. The number of ether oxygens (including phenoxy) is 1. The molecule has 2 N–H and O–H groups in total. The molecule has 0 aliphatic carbocycles. The molecular formula is C19H25N2O2S+. The molecule has 0 saturated carbocycles. The highest BCUT2D eigenvalue weighted by Crippen LogP contribution is 2.20. The van der Waals surface area contributed by atoms with Crippen molar-refractivity contribution in [2.75, 3.05) is 19.7 Å². The first-order chi connectivity index (χ1) is 11.7. The highest BCUT2D eigenvalue weighted by Gasteiger charge is 2.33. The number of rotatable bonds is 7. The van der Waals surface area contributed by atoms with Gasteiger partial charge in [-0.25, -0.2) is 0 Å². The van der Waals surface area contributed by atoms with Gasteiger partial charge >= 0.3 is 0 Å². The third kappa shape index (κ3) is 4.36. The van der Waals surface area contributed by atoms with Crippen molar-refractivity contribution in [3.8, 4) is 5.75 Å². The van der Waals surface area contributed by atoms with Crippen LogP contribution in [0.3, 0.4) is 0 Å². The summed E-state index contributed by atoms with van der Waals surface area (Å²) in [6.07, 6.45) is 2.55. The van der Waals surface area contributed by atoms with E-state index in [1.54, 1.807) is 16.2 Å². The van der Waals surface area contributed by atoms with Gasteiger partial charge in [0.15, 0.2) is 6.61 Å². The molecule has 128 valence electrons. The molecule has 1 fully saturated rings. The molecule has 1 aliphatic rings. The number of likely N-dealkylation sites (tertiary alicyclic amines) is 1. The predicted molar refractivity (Wildman–Crippen MR) is 96.5 cm³/mol. The van der Waals surface area contributed by atoms with Crippen LogP contribution in [-0.2, 0) is 4.79 Å². The van der Waals surface area contributed by atoms with Crippen LogP contribution >= 0.6 is 11.3 Å². The van der Waals surface area contributed by atoms with Gasteiger partial charge in [0.25, 0.3) is 5.91 Å². The largest absolute Gasteiger partial charge is 0.484 e. The van der Waals surface area contributed by atoms with Gasteiger partial charge in [0, 0.05) is 12.8 Å². The van der Waals surface area contributed by atoms with E-state index >= 15 is 0 Å². The molecule has 0 bridgehead atoms. The summed E-state index contributed by atoms with van der Waals surface area (Å²) in [6, 6.07) is 14.1. The Hall–Kier alpha value is -1.85. The second kappa shape index (κ2) is 8.31. The maximum atomic E-state index is 12.3. The number of para-hydroxylation sites is 1. The van der Waals surface area contributed by atoms with Gasteiger partial charge in [0.2, 0.25) is 0 Å². The van der Waals surface area contributed by atoms with Crippen LogP contribution in [0.15, 0.2) is 47.8 Å². The molecule has 1 aromatic carbocycles. The van der Waals surface area contributed by atoms with Crippen LogP contribution in [0.4, 0.5) is 0 Å². The minimum atomic E-state index is -0.0634. The molecule has 5 heteroatoms. The first-order valence-electron chi connectivity index (χ1n) is 8.59. The number of thiophene rings is 1. The van der Waals surface area contributed by atoms with Crippen LogP contribution in [0.5, 0.6) is 5.75 Å². The van der Waals surface area contributed by atoms with Crippen LogP contribution in [0.1, 0.15) is 30.7 Å². The van der Waals surface area contributed by atoms with Crippen LogP contribution in [-0.4, -0.2) is 31.6 Å². The van der Waals surface area contributed by atoms with Crippen LogP contribution in [0.25, 0.3) is 0 Å². The Labute approximate surface area is 147 Å². The van der Waals surface area contributed by atoms with E-state index in [1.807, 2.05) is 30.3 Å². The Kier molecular flexibility index (Phi) is 5.88. The van der Waals surface area contributed by atoms with Crippen molar-refractivity contribution in [3.63, 3.8) is 0 Å². The maximum absolute atomic E-state index is 12.3. The zero-order valence-corrected chi connectivity index (χ0v) is 14.9. The van der Waals surface area contributed by atoms with Crippen molar-refractivity contribution in [1.29, 1.82) is 0 Å². The summed E-state index contributed by atoms with van der Waals surface area (Å²) >= 11 is 1.78. The van der Waals surface area contributed by atoms with Crippen molar-refractivity contribution in [2.45, 2.75) is 31.8 Å². The highest BCUT2D eigenvalue weighted by molar-refractivity contribution is 7.10. The minimum absolute atomic E-state index is 0.0564. The molecule has 2 heterocycles. The summed E-state index contributed by atoms with van der Waals surface area (Å²) in [5, 5.41) is 5.25. The van der Waals surface area contributed by atoms with E-state index in [-0.39, 0.29) is 18.6 Å². The molecule has 2 atom stereocenters. The highest BCUT2D eigenvalue weighted by atomic mass is 32.1. The van der Waals surface area contributed by atoms with Crippen molar-refractivity contribution < 1.29 is 14.4 Å². The molecule has 2 aromatic rings. The standard InChI is InChI=1S/C19H24N2O2S/c1-15(20-18(22)14-23-16-8-3-2-4-9-16)19(17-10-7-13-24-17)21-11-5-6-12-21/h2-4,7-10,13,15,19H,5-6,11-12,14H2,1H3,(H,20,22)/p+1/t15-,19-/m1/s1. The predicted octanol–water partition coefficient (Wildman–Crippen LogP) is 2.05. The zero-order chi connectivity index (χ0) is 16.8. The average molecular weight is 345 g/mol. The van der Waals surface area contributed by atoms with E-state index < -0.39 is 0 Å². The molecule has 3 rings (SSSR count). The first-order valence-corrected chi connectivity index (χ1v) is 9.47. The fraction of sp³-hybridized carbons (Fsp3) is 0.421. The van der Waals surface area contributed by atoms with Crippen LogP contribution in [0.2, 0.25) is 0 Å². The molecule has 0 unspecified atom stereocenters. The minimum Gasteiger partial charge on any atom is -0.484 e. The quantitative estimate of drug-likeness (QED) is 0.807. The van der Waals surface area contributed by atoms with E-state index in [1.165, 1.54) is 30.8 Å². The van der Waals surface area contributed by atoms with Crippen molar-refractivity contribution in [1.82, 2.24) is 5.32 Å². The van der Waals surface area contributed by atoms with E-state index in [4.69, 9.17) is 4.74 Å². The smallest absolute Gasteiger partial charge is 0.258 e. The van der Waals surface area contributed by atoms with E-state index in [0.29, 0.717) is 6.04 Å². The SMILES string of the molecule is C[C@@H](NC(=O)COc1ccccc1)[C@H](c1cccs1)[NH+]1CCCC1. The molecule has 1 aromatic heterocycles. The molecule has 1 amide bonds. The second-order valence-electron chi connectivity index (χ2n) is 6.32. The summed E-state index contributed by atoms with van der Waals surface area (Å²) in [4.78, 5) is 15.2. The van der Waals surface area contributed by atoms with Gasteiger partial charge in [-0.1, -0.05) is 24.3 Å².